The van der Waals surface area contributed by atoms with Crippen LogP contribution in [0.1, 0.15) is 12.8 Å². The van der Waals surface area contributed by atoms with E-state index >= 15 is 0 Å². The molecule has 0 heterocycles. The van der Waals surface area contributed by atoms with Gasteiger partial charge in [0.05, 0.1) is 13.7 Å². The lowest BCUT2D eigenvalue weighted by atomic mass is 10.2. The standard InChI is InChI=1S/C13H18FNO3/c1-18-13(17)3-2-8-15(9-10-16)12-6-4-11(14)5-7-12/h4-7,16H,2-3,8-10H2,1H3. The Hall–Kier alpha value is -1.62. The maximum atomic E-state index is 12.8. The number of hydrogen-bond donors (Lipinski definition) is 1. The fourth-order valence-corrected chi connectivity index (χ4v) is 1.66. The van der Waals surface area contributed by atoms with Crippen molar-refractivity contribution in [3.8, 4) is 0 Å². The Balaban J connectivity index is 2.54. The number of rotatable bonds is 7. The zero-order chi connectivity index (χ0) is 13.4. The van der Waals surface area contributed by atoms with Gasteiger partial charge in [-0.05, 0) is 30.7 Å². The maximum absolute atomic E-state index is 12.8. The molecule has 1 N–H and O–H groups in total. The lowest BCUT2D eigenvalue weighted by molar-refractivity contribution is -0.140. The van der Waals surface area contributed by atoms with Crippen LogP contribution in [0, 0.1) is 5.82 Å². The summed E-state index contributed by atoms with van der Waals surface area (Å²) in [6, 6.07) is 6.06. The van der Waals surface area contributed by atoms with Crippen LogP contribution in [0.5, 0.6) is 0 Å². The highest BCUT2D eigenvalue weighted by Crippen LogP contribution is 2.15. The molecule has 1 rings (SSSR count). The molecule has 0 atom stereocenters. The molecule has 4 nitrogen and oxygen atoms in total. The van der Waals surface area contributed by atoms with Crippen LogP contribution in [0.15, 0.2) is 24.3 Å². The molecular weight excluding hydrogens is 237 g/mol. The highest BCUT2D eigenvalue weighted by Gasteiger charge is 2.07. The summed E-state index contributed by atoms with van der Waals surface area (Å²) in [5.41, 5.74) is 0.829. The van der Waals surface area contributed by atoms with E-state index in [9.17, 15) is 9.18 Å². The van der Waals surface area contributed by atoms with Crippen LogP contribution in [0.25, 0.3) is 0 Å². The van der Waals surface area contributed by atoms with E-state index in [0.717, 1.165) is 5.69 Å². The topological polar surface area (TPSA) is 49.8 Å². The smallest absolute Gasteiger partial charge is 0.305 e. The van der Waals surface area contributed by atoms with Gasteiger partial charge >= 0.3 is 5.97 Å². The normalized spacial score (nSPS) is 10.2. The Morgan fingerprint density at radius 2 is 2.00 bits per heavy atom. The molecule has 0 bridgehead atoms. The van der Waals surface area contributed by atoms with Gasteiger partial charge in [0.25, 0.3) is 0 Å². The monoisotopic (exact) mass is 255 g/mol. The molecule has 100 valence electrons. The molecule has 0 aliphatic heterocycles. The molecule has 5 heteroatoms. The van der Waals surface area contributed by atoms with Gasteiger partial charge in [-0.1, -0.05) is 0 Å². The predicted molar refractivity (Wildman–Crippen MR) is 66.9 cm³/mol. The Kier molecular flexibility index (Phi) is 6.14. The predicted octanol–water partition coefficient (Wildman–Crippen LogP) is 1.58. The van der Waals surface area contributed by atoms with Gasteiger partial charge in [-0.2, -0.15) is 0 Å². The maximum Gasteiger partial charge on any atom is 0.305 e. The Bertz CT molecular complexity index is 367. The van der Waals surface area contributed by atoms with Crippen LogP contribution in [0.2, 0.25) is 0 Å². The van der Waals surface area contributed by atoms with Crippen molar-refractivity contribution in [1.29, 1.82) is 0 Å². The first-order valence-electron chi connectivity index (χ1n) is 5.85. The van der Waals surface area contributed by atoms with Crippen molar-refractivity contribution in [1.82, 2.24) is 0 Å². The van der Waals surface area contributed by atoms with Crippen molar-refractivity contribution >= 4 is 11.7 Å². The van der Waals surface area contributed by atoms with Gasteiger partial charge < -0.3 is 14.7 Å². The molecule has 0 amide bonds. The number of aliphatic hydroxyl groups is 1. The summed E-state index contributed by atoms with van der Waals surface area (Å²) in [5, 5.41) is 9.00. The molecule has 1 aromatic rings. The number of benzene rings is 1. The zero-order valence-electron chi connectivity index (χ0n) is 10.4. The van der Waals surface area contributed by atoms with E-state index in [0.29, 0.717) is 25.9 Å². The second-order valence-corrected chi connectivity index (χ2v) is 3.87. The number of esters is 1. The van der Waals surface area contributed by atoms with Crippen LogP contribution in [0.3, 0.4) is 0 Å². The molecular formula is C13H18FNO3. The fraction of sp³-hybridized carbons (Fsp3) is 0.462. The van der Waals surface area contributed by atoms with Crippen molar-refractivity contribution in [2.75, 3.05) is 31.7 Å². The van der Waals surface area contributed by atoms with E-state index in [4.69, 9.17) is 5.11 Å². The molecule has 0 spiro atoms. The van der Waals surface area contributed by atoms with E-state index in [1.54, 1.807) is 12.1 Å². The van der Waals surface area contributed by atoms with E-state index in [-0.39, 0.29) is 18.4 Å². The first-order chi connectivity index (χ1) is 8.67. The lowest BCUT2D eigenvalue weighted by Gasteiger charge is -2.23. The van der Waals surface area contributed by atoms with Crippen molar-refractivity contribution in [2.45, 2.75) is 12.8 Å². The van der Waals surface area contributed by atoms with Gasteiger partial charge in [0.1, 0.15) is 5.82 Å². The summed E-state index contributed by atoms with van der Waals surface area (Å²) < 4.78 is 17.4. The first-order valence-corrected chi connectivity index (χ1v) is 5.85. The summed E-state index contributed by atoms with van der Waals surface area (Å²) in [6.45, 7) is 1.07. The number of anilines is 1. The Morgan fingerprint density at radius 3 is 2.56 bits per heavy atom. The number of aliphatic hydroxyl groups excluding tert-OH is 1. The minimum Gasteiger partial charge on any atom is -0.469 e. The number of halogens is 1. The van der Waals surface area contributed by atoms with E-state index in [1.807, 2.05) is 4.90 Å². The molecule has 0 aliphatic rings. The van der Waals surface area contributed by atoms with Crippen molar-refractivity contribution < 1.29 is 19.0 Å². The van der Waals surface area contributed by atoms with Crippen molar-refractivity contribution in [3.05, 3.63) is 30.1 Å². The summed E-state index contributed by atoms with van der Waals surface area (Å²) in [4.78, 5) is 12.9. The number of hydrogen-bond acceptors (Lipinski definition) is 4. The fourth-order valence-electron chi connectivity index (χ4n) is 1.66. The number of nitrogens with zero attached hydrogens (tertiary/aromatic N) is 1. The van der Waals surface area contributed by atoms with Gasteiger partial charge in [-0.15, -0.1) is 0 Å². The Morgan fingerprint density at radius 1 is 1.33 bits per heavy atom. The molecule has 0 aromatic heterocycles. The third-order valence-corrected chi connectivity index (χ3v) is 2.60. The number of carbonyl (C=O) groups is 1. The molecule has 0 saturated heterocycles. The minimum atomic E-state index is -0.294. The third-order valence-electron chi connectivity index (χ3n) is 2.60. The SMILES string of the molecule is COC(=O)CCCN(CCO)c1ccc(F)cc1. The quantitative estimate of drug-likeness (QED) is 0.751. The van der Waals surface area contributed by atoms with Crippen molar-refractivity contribution in [3.63, 3.8) is 0 Å². The summed E-state index contributed by atoms with van der Waals surface area (Å²) in [5.74, 6) is -0.546. The van der Waals surface area contributed by atoms with Gasteiger partial charge in [0.15, 0.2) is 0 Å². The van der Waals surface area contributed by atoms with Crippen LogP contribution >= 0.6 is 0 Å². The van der Waals surface area contributed by atoms with Crippen LogP contribution < -0.4 is 4.90 Å². The molecule has 1 aromatic carbocycles. The van der Waals surface area contributed by atoms with Crippen LogP contribution in [0.4, 0.5) is 10.1 Å². The van der Waals surface area contributed by atoms with Crippen LogP contribution in [-0.2, 0) is 9.53 Å². The lowest BCUT2D eigenvalue weighted by Crippen LogP contribution is -2.28. The average Bonchev–Trinajstić information content (AvgIpc) is 2.38. The summed E-state index contributed by atoms with van der Waals surface area (Å²) in [7, 11) is 1.35. The minimum absolute atomic E-state index is 0.00952. The van der Waals surface area contributed by atoms with E-state index < -0.39 is 0 Å². The molecule has 0 fully saturated rings. The zero-order valence-corrected chi connectivity index (χ0v) is 10.4. The van der Waals surface area contributed by atoms with Crippen LogP contribution in [-0.4, -0.2) is 37.9 Å². The van der Waals surface area contributed by atoms with Gasteiger partial charge in [0, 0.05) is 25.2 Å². The molecule has 0 saturated carbocycles. The van der Waals surface area contributed by atoms with Gasteiger partial charge in [0.2, 0.25) is 0 Å². The molecule has 0 radical (unpaired) electrons. The highest BCUT2D eigenvalue weighted by molar-refractivity contribution is 5.69. The first kappa shape index (κ1) is 14.4. The number of methoxy groups -OCH3 is 1. The van der Waals surface area contributed by atoms with Gasteiger partial charge in [-0.3, -0.25) is 4.79 Å². The second kappa shape index (κ2) is 7.66. The Labute approximate surface area is 106 Å². The summed E-state index contributed by atoms with van der Waals surface area (Å²) in [6.07, 6.45) is 0.962. The molecule has 0 unspecified atom stereocenters. The average molecular weight is 255 g/mol. The summed E-state index contributed by atoms with van der Waals surface area (Å²) >= 11 is 0. The molecule has 18 heavy (non-hydrogen) atoms. The van der Waals surface area contributed by atoms with Crippen molar-refractivity contribution in [2.24, 2.45) is 0 Å². The number of carbonyl (C=O) groups excluding carboxylic acids is 1. The third kappa shape index (κ3) is 4.71. The second-order valence-electron chi connectivity index (χ2n) is 3.87. The largest absolute Gasteiger partial charge is 0.469 e. The van der Waals surface area contributed by atoms with E-state index in [1.165, 1.54) is 19.2 Å². The molecule has 0 aliphatic carbocycles. The number of ether oxygens (including phenoxy) is 1. The van der Waals surface area contributed by atoms with Gasteiger partial charge in [-0.25, -0.2) is 4.39 Å². The highest BCUT2D eigenvalue weighted by atomic mass is 19.1. The van der Waals surface area contributed by atoms with E-state index in [2.05, 4.69) is 4.74 Å².